The first-order chi connectivity index (χ1) is 7.75. The molecule has 18 heavy (non-hydrogen) atoms. The Morgan fingerprint density at radius 1 is 1.17 bits per heavy atom. The molecule has 1 aromatic rings. The molecule has 0 saturated heterocycles. The van der Waals surface area contributed by atoms with E-state index in [2.05, 4.69) is 5.73 Å². The molecule has 0 saturated carbocycles. The zero-order chi connectivity index (χ0) is 11.4. The number of hydrogen-bond acceptors (Lipinski definition) is 3. The minimum atomic E-state index is -0.397. The van der Waals surface area contributed by atoms with Gasteiger partial charge in [-0.25, -0.2) is 0 Å². The number of nitro benzene ring substituents is 1. The third-order valence-corrected chi connectivity index (χ3v) is 2.99. The predicted octanol–water partition coefficient (Wildman–Crippen LogP) is 0.501. The Labute approximate surface area is 134 Å². The first kappa shape index (κ1) is 17.4. The van der Waals surface area contributed by atoms with Gasteiger partial charge in [0.25, 0.3) is 5.69 Å². The Morgan fingerprint density at radius 3 is 2.33 bits per heavy atom. The first-order valence-electron chi connectivity index (χ1n) is 4.64. The molecule has 1 radical (unpaired) electrons. The van der Waals surface area contributed by atoms with Crippen LogP contribution in [0.5, 0.6) is 0 Å². The number of allylic oxidation sites excluding steroid dienone is 3. The number of nitro groups is 1. The number of hydrogen-bond donors (Lipinski definition) is 0. The van der Waals surface area contributed by atoms with E-state index in [4.69, 9.17) is 0 Å². The van der Waals surface area contributed by atoms with Crippen molar-refractivity contribution in [2.45, 2.75) is 4.90 Å². The molecule has 97 valence electrons. The fourth-order valence-corrected chi connectivity index (χ4v) is 2.03. The summed E-state index contributed by atoms with van der Waals surface area (Å²) in [6, 6.07) is 6.52. The van der Waals surface area contributed by atoms with Crippen molar-refractivity contribution in [1.82, 2.24) is 0 Å². The molecule has 0 aliphatic heterocycles. The van der Waals surface area contributed by atoms with E-state index in [0.717, 1.165) is 9.80 Å². The average Bonchev–Trinajstić information content (AvgIpc) is 2.31. The normalized spacial score (nSPS) is 12.1. The summed E-state index contributed by atoms with van der Waals surface area (Å²) in [7, 11) is 0. The first-order valence-corrected chi connectivity index (χ1v) is 5.46. The smallest absolute Gasteiger partial charge is 0.269 e. The van der Waals surface area contributed by atoms with Crippen LogP contribution in [0.15, 0.2) is 58.0 Å². The van der Waals surface area contributed by atoms with Gasteiger partial charge in [-0.15, -0.1) is 5.73 Å². The van der Waals surface area contributed by atoms with Gasteiger partial charge in [0.1, 0.15) is 0 Å². The van der Waals surface area contributed by atoms with Crippen molar-refractivity contribution in [3.05, 3.63) is 69.7 Å². The fraction of sp³-hybridized carbons (Fsp3) is 0. The minimum Gasteiger partial charge on any atom is -1.00 e. The van der Waals surface area contributed by atoms with E-state index in [1.54, 1.807) is 23.9 Å². The monoisotopic (exact) mass is 415 g/mol. The maximum atomic E-state index is 10.5. The van der Waals surface area contributed by atoms with Gasteiger partial charge in [0.15, 0.2) is 0 Å². The van der Waals surface area contributed by atoms with Gasteiger partial charge < -0.3 is 17.0 Å². The van der Waals surface area contributed by atoms with Crippen molar-refractivity contribution >= 4 is 17.4 Å². The van der Waals surface area contributed by atoms with E-state index < -0.39 is 4.92 Å². The van der Waals surface area contributed by atoms with Crippen LogP contribution in [0.3, 0.4) is 0 Å². The van der Waals surface area contributed by atoms with Crippen LogP contribution in [-0.2, 0) is 20.4 Å². The Bertz CT molecular complexity index is 507. The molecule has 0 unspecified atom stereocenters. The zero-order valence-corrected chi connectivity index (χ0v) is 12.9. The van der Waals surface area contributed by atoms with Crippen molar-refractivity contribution in [2.75, 3.05) is 0 Å². The van der Waals surface area contributed by atoms with Crippen molar-refractivity contribution in [1.29, 1.82) is 0 Å². The molecule has 0 amide bonds. The summed E-state index contributed by atoms with van der Waals surface area (Å²) in [5.74, 6) is 0. The minimum absolute atomic E-state index is 0. The number of nitrogens with zero attached hydrogens (tertiary/aromatic N) is 1. The van der Waals surface area contributed by atoms with Crippen LogP contribution < -0.4 is 17.0 Å². The van der Waals surface area contributed by atoms with Crippen LogP contribution in [0.25, 0.3) is 0 Å². The van der Waals surface area contributed by atoms with Gasteiger partial charge in [0, 0.05) is 43.9 Å². The summed E-state index contributed by atoms with van der Waals surface area (Å²) in [5, 5.41) is 10.5. The molecule has 0 heterocycles. The molecule has 0 atom stereocenters. The molecular formula is C12H8BrNO2PdS-. The summed E-state index contributed by atoms with van der Waals surface area (Å²) in [5.41, 5.74) is 3.06. The number of benzene rings is 1. The number of halogens is 1. The molecule has 0 N–H and O–H groups in total. The molecule has 6 heteroatoms. The third kappa shape index (κ3) is 4.93. The number of rotatable bonds is 3. The molecule has 1 aliphatic carbocycles. The SMILES string of the molecule is O=[N+]([O-])c1ccc(SC2=CC=C=C[CH]2)cc1.[Br-].[Pd]. The molecule has 0 bridgehead atoms. The van der Waals surface area contributed by atoms with Gasteiger partial charge in [0.2, 0.25) is 0 Å². The fourth-order valence-electron chi connectivity index (χ4n) is 1.21. The van der Waals surface area contributed by atoms with Crippen LogP contribution in [0.1, 0.15) is 0 Å². The summed E-state index contributed by atoms with van der Waals surface area (Å²) >= 11 is 1.57. The van der Waals surface area contributed by atoms with Crippen molar-refractivity contribution in [3.63, 3.8) is 0 Å². The molecule has 2 rings (SSSR count). The van der Waals surface area contributed by atoms with Crippen LogP contribution in [0, 0.1) is 16.5 Å². The van der Waals surface area contributed by atoms with Crippen LogP contribution >= 0.6 is 11.8 Å². The van der Waals surface area contributed by atoms with E-state index >= 15 is 0 Å². The maximum absolute atomic E-state index is 10.5. The van der Waals surface area contributed by atoms with Crippen molar-refractivity contribution < 1.29 is 42.3 Å². The Morgan fingerprint density at radius 2 is 1.83 bits per heavy atom. The van der Waals surface area contributed by atoms with E-state index in [1.807, 2.05) is 24.6 Å². The van der Waals surface area contributed by atoms with Gasteiger partial charge in [0.05, 0.1) is 4.92 Å². The van der Waals surface area contributed by atoms with Crippen LogP contribution in [0.4, 0.5) is 5.69 Å². The second kappa shape index (κ2) is 8.47. The van der Waals surface area contributed by atoms with Crippen molar-refractivity contribution in [2.24, 2.45) is 0 Å². The summed E-state index contributed by atoms with van der Waals surface area (Å²) in [4.78, 5) is 12.1. The Balaban J connectivity index is 0.00000144. The van der Waals surface area contributed by atoms with Gasteiger partial charge in [-0.2, -0.15) is 0 Å². The van der Waals surface area contributed by atoms with Crippen LogP contribution in [-0.4, -0.2) is 4.92 Å². The summed E-state index contributed by atoms with van der Waals surface area (Å²) < 4.78 is 0. The summed E-state index contributed by atoms with van der Waals surface area (Å²) in [6.07, 6.45) is 7.58. The second-order valence-corrected chi connectivity index (χ2v) is 4.24. The molecule has 0 aromatic heterocycles. The molecule has 3 nitrogen and oxygen atoms in total. The van der Waals surface area contributed by atoms with E-state index in [0.29, 0.717) is 0 Å². The van der Waals surface area contributed by atoms with Crippen LogP contribution in [0.2, 0.25) is 0 Å². The number of non-ortho nitro benzene ring substituents is 1. The van der Waals surface area contributed by atoms with E-state index in [9.17, 15) is 10.1 Å². The van der Waals surface area contributed by atoms with E-state index in [1.165, 1.54) is 12.1 Å². The largest absolute Gasteiger partial charge is 1.00 e. The quantitative estimate of drug-likeness (QED) is 0.312. The zero-order valence-electron chi connectivity index (χ0n) is 8.98. The standard InChI is InChI=1S/C12H8NO2S.BrH.Pd/c14-13(15)10-6-8-12(9-7-10)16-11-4-2-1-3-5-11;;/h2-9H;1H;/p-1. The van der Waals surface area contributed by atoms with Crippen molar-refractivity contribution in [3.8, 4) is 0 Å². The molecule has 1 aromatic carbocycles. The molecule has 1 aliphatic rings. The van der Waals surface area contributed by atoms with Gasteiger partial charge in [-0.1, -0.05) is 11.8 Å². The topological polar surface area (TPSA) is 43.1 Å². The average molecular weight is 417 g/mol. The maximum Gasteiger partial charge on any atom is 0.269 e. The third-order valence-electron chi connectivity index (χ3n) is 1.97. The number of thioether (sulfide) groups is 1. The molecular weight excluding hydrogens is 409 g/mol. The summed E-state index contributed by atoms with van der Waals surface area (Å²) in [6.45, 7) is 0. The van der Waals surface area contributed by atoms with E-state index in [-0.39, 0.29) is 43.1 Å². The van der Waals surface area contributed by atoms with Gasteiger partial charge in [-0.3, -0.25) is 10.1 Å². The Kier molecular flexibility index (Phi) is 8.17. The molecule has 0 fully saturated rings. The second-order valence-electron chi connectivity index (χ2n) is 3.09. The predicted molar refractivity (Wildman–Crippen MR) is 64.0 cm³/mol. The van der Waals surface area contributed by atoms with Gasteiger partial charge >= 0.3 is 0 Å². The Hall–Kier alpha value is -0.628. The van der Waals surface area contributed by atoms with Gasteiger partial charge in [-0.05, 0) is 35.3 Å². The molecule has 0 spiro atoms.